The predicted octanol–water partition coefficient (Wildman–Crippen LogP) is 6.18. The normalized spacial score (nSPS) is 59.2. The Hall–Kier alpha value is -0.300. The first-order valence-corrected chi connectivity index (χ1v) is 12.6. The van der Waals surface area contributed by atoms with Crippen molar-refractivity contribution in [2.75, 3.05) is 0 Å². The van der Waals surface area contributed by atoms with Crippen molar-refractivity contribution in [3.8, 4) is 0 Å². The highest BCUT2D eigenvalue weighted by atomic mass is 14.8. The van der Waals surface area contributed by atoms with Crippen molar-refractivity contribution in [3.63, 3.8) is 0 Å². The van der Waals surface area contributed by atoms with Crippen LogP contribution in [0.5, 0.6) is 0 Å². The van der Waals surface area contributed by atoms with Crippen molar-refractivity contribution in [1.29, 1.82) is 0 Å². The van der Waals surface area contributed by atoms with Crippen LogP contribution in [0.1, 0.15) is 84.0 Å². The fraction of sp³-hybridized carbons (Fsp3) is 0.923. The maximum Gasteiger partial charge on any atom is 0.00418 e. The summed E-state index contributed by atoms with van der Waals surface area (Å²) in [5.41, 5.74) is 7.36. The quantitative estimate of drug-likeness (QED) is 0.508. The Labute approximate surface area is 166 Å². The molecular formula is C26H41N. The lowest BCUT2D eigenvalue weighted by atomic mass is 9.52. The fourth-order valence-corrected chi connectivity index (χ4v) is 10.6. The van der Waals surface area contributed by atoms with E-state index in [9.17, 15) is 0 Å². The zero-order chi connectivity index (χ0) is 18.2. The first-order valence-electron chi connectivity index (χ1n) is 12.6. The van der Waals surface area contributed by atoms with Crippen molar-refractivity contribution in [2.24, 2.45) is 64.4 Å². The number of nitrogens with two attached hydrogens (primary N) is 1. The van der Waals surface area contributed by atoms with Crippen LogP contribution in [0.4, 0.5) is 0 Å². The average Bonchev–Trinajstić information content (AvgIpc) is 3.14. The molecule has 0 saturated heterocycles. The SMILES string of the molecule is CC1C=CC2C3CCCCC3C3(C2C1)C1CCCCC1C1CCC(N)CC13. The van der Waals surface area contributed by atoms with Crippen LogP contribution in [0.15, 0.2) is 12.2 Å². The zero-order valence-electron chi connectivity index (χ0n) is 17.5. The van der Waals surface area contributed by atoms with E-state index >= 15 is 0 Å². The molecule has 6 aliphatic carbocycles. The monoisotopic (exact) mass is 367 g/mol. The number of hydrogen-bond donors (Lipinski definition) is 1. The summed E-state index contributed by atoms with van der Waals surface area (Å²) in [7, 11) is 0. The van der Waals surface area contributed by atoms with Crippen LogP contribution in [0.25, 0.3) is 0 Å². The van der Waals surface area contributed by atoms with Crippen molar-refractivity contribution >= 4 is 0 Å². The molecule has 0 aromatic carbocycles. The van der Waals surface area contributed by atoms with Crippen LogP contribution in [-0.4, -0.2) is 6.04 Å². The lowest BCUT2D eigenvalue weighted by Gasteiger charge is -2.52. The molecule has 1 nitrogen and oxygen atoms in total. The minimum atomic E-state index is 0.501. The molecule has 11 atom stereocenters. The molecule has 6 aliphatic rings. The van der Waals surface area contributed by atoms with Crippen LogP contribution in [0, 0.1) is 58.7 Å². The van der Waals surface area contributed by atoms with Crippen molar-refractivity contribution < 1.29 is 0 Å². The average molecular weight is 368 g/mol. The van der Waals surface area contributed by atoms with E-state index < -0.39 is 0 Å². The van der Waals surface area contributed by atoms with Gasteiger partial charge in [0, 0.05) is 6.04 Å². The second-order valence-electron chi connectivity index (χ2n) is 11.7. The third kappa shape index (κ3) is 2.27. The summed E-state index contributed by atoms with van der Waals surface area (Å²) in [6, 6.07) is 0.501. The van der Waals surface area contributed by atoms with Crippen molar-refractivity contribution in [2.45, 2.75) is 90.0 Å². The smallest absolute Gasteiger partial charge is 0.00418 e. The van der Waals surface area contributed by atoms with Gasteiger partial charge in [0.05, 0.1) is 0 Å². The molecule has 0 heterocycles. The Morgan fingerprint density at radius 3 is 2.15 bits per heavy atom. The highest BCUT2D eigenvalue weighted by Crippen LogP contribution is 2.77. The van der Waals surface area contributed by atoms with Crippen LogP contribution in [0.3, 0.4) is 0 Å². The number of allylic oxidation sites excluding steroid dienone is 2. The highest BCUT2D eigenvalue weighted by molar-refractivity contribution is 5.23. The van der Waals surface area contributed by atoms with Gasteiger partial charge in [-0.15, -0.1) is 0 Å². The van der Waals surface area contributed by atoms with Gasteiger partial charge in [-0.3, -0.25) is 0 Å². The van der Waals surface area contributed by atoms with Gasteiger partial charge in [-0.1, -0.05) is 44.8 Å². The van der Waals surface area contributed by atoms with E-state index in [2.05, 4.69) is 19.1 Å². The molecule has 0 aromatic rings. The molecule has 0 amide bonds. The molecule has 2 N–H and O–H groups in total. The van der Waals surface area contributed by atoms with Crippen LogP contribution < -0.4 is 5.73 Å². The van der Waals surface area contributed by atoms with Crippen LogP contribution in [0.2, 0.25) is 0 Å². The first kappa shape index (κ1) is 17.5. The molecule has 6 rings (SSSR count). The molecule has 0 aliphatic heterocycles. The van der Waals surface area contributed by atoms with Gasteiger partial charge < -0.3 is 5.73 Å². The van der Waals surface area contributed by atoms with E-state index in [0.717, 1.165) is 53.3 Å². The Kier molecular flexibility index (Phi) is 4.13. The summed E-state index contributed by atoms with van der Waals surface area (Å²) in [5, 5.41) is 0. The molecule has 0 aromatic heterocycles. The molecule has 11 unspecified atom stereocenters. The molecule has 0 bridgehead atoms. The van der Waals surface area contributed by atoms with Gasteiger partial charge in [0.2, 0.25) is 0 Å². The first-order chi connectivity index (χ1) is 13.2. The van der Waals surface area contributed by atoms with E-state index in [1.54, 1.807) is 19.3 Å². The molecule has 5 fully saturated rings. The molecular weight excluding hydrogens is 326 g/mol. The molecule has 0 radical (unpaired) electrons. The van der Waals surface area contributed by atoms with E-state index in [4.69, 9.17) is 5.73 Å². The molecule has 5 saturated carbocycles. The third-order valence-electron chi connectivity index (χ3n) is 10.9. The van der Waals surface area contributed by atoms with Gasteiger partial charge in [-0.05, 0) is 110 Å². The minimum Gasteiger partial charge on any atom is -0.328 e. The van der Waals surface area contributed by atoms with E-state index in [1.165, 1.54) is 57.8 Å². The van der Waals surface area contributed by atoms with Gasteiger partial charge >= 0.3 is 0 Å². The van der Waals surface area contributed by atoms with Gasteiger partial charge in [-0.2, -0.15) is 0 Å². The summed E-state index contributed by atoms with van der Waals surface area (Å²) in [6.07, 6.45) is 23.3. The van der Waals surface area contributed by atoms with E-state index in [0.29, 0.717) is 11.5 Å². The highest BCUT2D eigenvalue weighted by Gasteiger charge is 2.71. The largest absolute Gasteiger partial charge is 0.328 e. The Morgan fingerprint density at radius 2 is 1.33 bits per heavy atom. The standard InChI is InChI=1S/C26H41N/c1-16-10-12-20-18-6-2-4-8-22(18)26(24(20)14-16)23-9-5-3-7-19(23)21-13-11-17(27)15-25(21)26/h10,12,16-25H,2-9,11,13-15,27H2,1H3. The predicted molar refractivity (Wildman–Crippen MR) is 112 cm³/mol. The lowest BCUT2D eigenvalue weighted by molar-refractivity contribution is -0.0359. The van der Waals surface area contributed by atoms with E-state index in [1.807, 2.05) is 0 Å². The lowest BCUT2D eigenvalue weighted by Crippen LogP contribution is -2.48. The van der Waals surface area contributed by atoms with Crippen molar-refractivity contribution in [3.05, 3.63) is 12.2 Å². The molecule has 1 spiro atoms. The van der Waals surface area contributed by atoms with Crippen LogP contribution in [-0.2, 0) is 0 Å². The Morgan fingerprint density at radius 1 is 0.667 bits per heavy atom. The topological polar surface area (TPSA) is 26.0 Å². The van der Waals surface area contributed by atoms with Gasteiger partial charge in [-0.25, -0.2) is 0 Å². The minimum absolute atomic E-state index is 0.501. The van der Waals surface area contributed by atoms with Gasteiger partial charge in [0.25, 0.3) is 0 Å². The second kappa shape index (κ2) is 6.35. The summed E-state index contributed by atoms with van der Waals surface area (Å²) >= 11 is 0. The second-order valence-corrected chi connectivity index (χ2v) is 11.7. The summed E-state index contributed by atoms with van der Waals surface area (Å²) in [6.45, 7) is 2.50. The summed E-state index contributed by atoms with van der Waals surface area (Å²) < 4.78 is 0. The third-order valence-corrected chi connectivity index (χ3v) is 10.9. The number of fused-ring (bicyclic) bond motifs is 10. The van der Waals surface area contributed by atoms with E-state index in [-0.39, 0.29) is 0 Å². The van der Waals surface area contributed by atoms with Crippen LogP contribution >= 0.6 is 0 Å². The number of rotatable bonds is 0. The molecule has 27 heavy (non-hydrogen) atoms. The Bertz CT molecular complexity index is 609. The van der Waals surface area contributed by atoms with Gasteiger partial charge in [0.15, 0.2) is 0 Å². The summed E-state index contributed by atoms with van der Waals surface area (Å²) in [5.74, 6) is 8.94. The molecule has 150 valence electrons. The molecule has 1 heteroatoms. The summed E-state index contributed by atoms with van der Waals surface area (Å²) in [4.78, 5) is 0. The maximum absolute atomic E-state index is 6.68. The van der Waals surface area contributed by atoms with Crippen molar-refractivity contribution in [1.82, 2.24) is 0 Å². The van der Waals surface area contributed by atoms with Gasteiger partial charge in [0.1, 0.15) is 0 Å². The maximum atomic E-state index is 6.68. The fourth-order valence-electron chi connectivity index (χ4n) is 10.6. The Balaban J connectivity index is 1.51. The number of hydrogen-bond acceptors (Lipinski definition) is 1. The zero-order valence-corrected chi connectivity index (χ0v) is 17.5.